The van der Waals surface area contributed by atoms with Gasteiger partial charge in [0.05, 0.1) is 18.2 Å². The second-order valence-electron chi connectivity index (χ2n) is 5.35. The standard InChI is InChI=1S/C16H22N2O3/c1-20-11-14-3-2-8-18(14)10-15(19)12-21-16-6-4-13(9-17)5-7-16/h4-7,14-15,19H,2-3,8,10-12H2,1H3. The van der Waals surface area contributed by atoms with Crippen LogP contribution in [0, 0.1) is 11.3 Å². The molecule has 1 aliphatic rings. The number of benzene rings is 1. The molecule has 1 heterocycles. The summed E-state index contributed by atoms with van der Waals surface area (Å²) < 4.78 is 10.8. The molecule has 5 heteroatoms. The smallest absolute Gasteiger partial charge is 0.119 e. The fourth-order valence-electron chi connectivity index (χ4n) is 2.66. The topological polar surface area (TPSA) is 65.7 Å². The maximum Gasteiger partial charge on any atom is 0.119 e. The van der Waals surface area contributed by atoms with E-state index in [2.05, 4.69) is 11.0 Å². The molecular weight excluding hydrogens is 268 g/mol. The third-order valence-corrected chi connectivity index (χ3v) is 3.73. The molecule has 5 nitrogen and oxygen atoms in total. The molecule has 114 valence electrons. The maximum absolute atomic E-state index is 10.1. The van der Waals surface area contributed by atoms with E-state index in [1.54, 1.807) is 31.4 Å². The molecule has 1 saturated heterocycles. The van der Waals surface area contributed by atoms with E-state index in [1.807, 2.05) is 0 Å². The third kappa shape index (κ3) is 4.71. The lowest BCUT2D eigenvalue weighted by Crippen LogP contribution is -2.40. The van der Waals surface area contributed by atoms with E-state index in [-0.39, 0.29) is 6.61 Å². The summed E-state index contributed by atoms with van der Waals surface area (Å²) in [5, 5.41) is 18.8. The van der Waals surface area contributed by atoms with Crippen LogP contribution in [0.5, 0.6) is 5.75 Å². The number of methoxy groups -OCH3 is 1. The minimum Gasteiger partial charge on any atom is -0.491 e. The molecule has 0 amide bonds. The molecule has 1 fully saturated rings. The van der Waals surface area contributed by atoms with Crippen LogP contribution in [0.4, 0.5) is 0 Å². The van der Waals surface area contributed by atoms with Crippen molar-refractivity contribution in [2.75, 3.05) is 33.4 Å². The number of β-amino-alcohol motifs (C(OH)–C–C–N with tert-alkyl or cyclic N) is 1. The Bertz CT molecular complexity index is 469. The first-order valence-corrected chi connectivity index (χ1v) is 7.27. The van der Waals surface area contributed by atoms with Gasteiger partial charge in [-0.2, -0.15) is 5.26 Å². The molecule has 0 aromatic heterocycles. The minimum absolute atomic E-state index is 0.252. The Morgan fingerprint density at radius 3 is 2.86 bits per heavy atom. The highest BCUT2D eigenvalue weighted by Crippen LogP contribution is 2.18. The van der Waals surface area contributed by atoms with Crippen LogP contribution in [0.1, 0.15) is 18.4 Å². The van der Waals surface area contributed by atoms with E-state index < -0.39 is 6.10 Å². The lowest BCUT2D eigenvalue weighted by atomic mass is 10.2. The van der Waals surface area contributed by atoms with Crippen molar-refractivity contribution in [3.05, 3.63) is 29.8 Å². The van der Waals surface area contributed by atoms with Gasteiger partial charge in [-0.05, 0) is 43.7 Å². The van der Waals surface area contributed by atoms with Crippen molar-refractivity contribution in [1.82, 2.24) is 4.90 Å². The van der Waals surface area contributed by atoms with E-state index in [1.165, 1.54) is 0 Å². The van der Waals surface area contributed by atoms with Crippen LogP contribution in [0.3, 0.4) is 0 Å². The van der Waals surface area contributed by atoms with Crippen molar-refractivity contribution in [2.45, 2.75) is 25.0 Å². The number of likely N-dealkylation sites (tertiary alicyclic amines) is 1. The van der Waals surface area contributed by atoms with Crippen LogP contribution in [-0.2, 0) is 4.74 Å². The average molecular weight is 290 g/mol. The van der Waals surface area contributed by atoms with Crippen LogP contribution >= 0.6 is 0 Å². The summed E-state index contributed by atoms with van der Waals surface area (Å²) in [7, 11) is 1.71. The lowest BCUT2D eigenvalue weighted by Gasteiger charge is -2.26. The summed E-state index contributed by atoms with van der Waals surface area (Å²) in [4.78, 5) is 2.26. The second-order valence-corrected chi connectivity index (χ2v) is 5.35. The highest BCUT2D eigenvalue weighted by molar-refractivity contribution is 5.34. The predicted molar refractivity (Wildman–Crippen MR) is 79.1 cm³/mol. The monoisotopic (exact) mass is 290 g/mol. The van der Waals surface area contributed by atoms with Crippen molar-refractivity contribution >= 4 is 0 Å². The van der Waals surface area contributed by atoms with Crippen molar-refractivity contribution in [3.8, 4) is 11.8 Å². The Morgan fingerprint density at radius 2 is 2.19 bits per heavy atom. The van der Waals surface area contributed by atoms with Gasteiger partial charge >= 0.3 is 0 Å². The highest BCUT2D eigenvalue weighted by atomic mass is 16.5. The van der Waals surface area contributed by atoms with Crippen molar-refractivity contribution in [2.24, 2.45) is 0 Å². The minimum atomic E-state index is -0.530. The second kappa shape index (κ2) is 7.99. The van der Waals surface area contributed by atoms with Crippen molar-refractivity contribution in [3.63, 3.8) is 0 Å². The summed E-state index contributed by atoms with van der Waals surface area (Å²) in [5.41, 5.74) is 0.599. The first-order valence-electron chi connectivity index (χ1n) is 7.27. The summed E-state index contributed by atoms with van der Waals surface area (Å²) in [5.74, 6) is 0.669. The van der Waals surface area contributed by atoms with Gasteiger partial charge in [-0.15, -0.1) is 0 Å². The highest BCUT2D eigenvalue weighted by Gasteiger charge is 2.26. The first-order chi connectivity index (χ1) is 10.2. The zero-order valence-corrected chi connectivity index (χ0v) is 12.4. The number of rotatable bonds is 7. The quantitative estimate of drug-likeness (QED) is 0.822. The summed E-state index contributed by atoms with van der Waals surface area (Å²) in [6.45, 7) is 2.57. The van der Waals surface area contributed by atoms with Gasteiger partial charge in [0.15, 0.2) is 0 Å². The molecule has 0 bridgehead atoms. The van der Waals surface area contributed by atoms with Gasteiger partial charge in [0.25, 0.3) is 0 Å². The van der Waals surface area contributed by atoms with E-state index in [0.717, 1.165) is 19.4 Å². The number of aliphatic hydroxyl groups excluding tert-OH is 1. The number of hydrogen-bond acceptors (Lipinski definition) is 5. The summed E-state index contributed by atoms with van der Waals surface area (Å²) >= 11 is 0. The molecule has 0 spiro atoms. The number of ether oxygens (including phenoxy) is 2. The van der Waals surface area contributed by atoms with Gasteiger partial charge in [0.1, 0.15) is 18.5 Å². The van der Waals surface area contributed by atoms with E-state index in [0.29, 0.717) is 30.5 Å². The molecule has 0 saturated carbocycles. The van der Waals surface area contributed by atoms with Crippen LogP contribution in [0.25, 0.3) is 0 Å². The van der Waals surface area contributed by atoms with Crippen LogP contribution in [0.2, 0.25) is 0 Å². The van der Waals surface area contributed by atoms with Crippen molar-refractivity contribution < 1.29 is 14.6 Å². The maximum atomic E-state index is 10.1. The molecule has 0 aliphatic carbocycles. The third-order valence-electron chi connectivity index (χ3n) is 3.73. The Balaban J connectivity index is 1.76. The summed E-state index contributed by atoms with van der Waals surface area (Å²) in [6.07, 6.45) is 1.74. The van der Waals surface area contributed by atoms with Crippen LogP contribution in [0.15, 0.2) is 24.3 Å². The molecular formula is C16H22N2O3. The number of nitriles is 1. The normalized spacial score (nSPS) is 20.1. The van der Waals surface area contributed by atoms with Gasteiger partial charge < -0.3 is 14.6 Å². The van der Waals surface area contributed by atoms with Crippen LogP contribution in [-0.4, -0.2) is 55.6 Å². The SMILES string of the molecule is COCC1CCCN1CC(O)COc1ccc(C#N)cc1. The predicted octanol–water partition coefficient (Wildman–Crippen LogP) is 1.41. The lowest BCUT2D eigenvalue weighted by molar-refractivity contribution is 0.0459. The molecule has 2 rings (SSSR count). The van der Waals surface area contributed by atoms with Gasteiger partial charge in [0, 0.05) is 19.7 Å². The van der Waals surface area contributed by atoms with E-state index in [4.69, 9.17) is 14.7 Å². The van der Waals surface area contributed by atoms with Crippen molar-refractivity contribution in [1.29, 1.82) is 5.26 Å². The van der Waals surface area contributed by atoms with Gasteiger partial charge in [-0.1, -0.05) is 0 Å². The molecule has 21 heavy (non-hydrogen) atoms. The first kappa shape index (κ1) is 15.8. The molecule has 2 unspecified atom stereocenters. The molecule has 1 aromatic rings. The van der Waals surface area contributed by atoms with Crippen LogP contribution < -0.4 is 4.74 Å². The molecule has 0 radical (unpaired) electrons. The zero-order chi connectivity index (χ0) is 15.1. The average Bonchev–Trinajstić information content (AvgIpc) is 2.93. The molecule has 1 N–H and O–H groups in total. The van der Waals surface area contributed by atoms with E-state index in [9.17, 15) is 5.11 Å². The fraction of sp³-hybridized carbons (Fsp3) is 0.562. The number of aliphatic hydroxyl groups is 1. The Hall–Kier alpha value is -1.61. The molecule has 1 aliphatic heterocycles. The number of nitrogens with zero attached hydrogens (tertiary/aromatic N) is 2. The Labute approximate surface area is 125 Å². The molecule has 1 aromatic carbocycles. The fourth-order valence-corrected chi connectivity index (χ4v) is 2.66. The Morgan fingerprint density at radius 1 is 1.43 bits per heavy atom. The largest absolute Gasteiger partial charge is 0.491 e. The van der Waals surface area contributed by atoms with Gasteiger partial charge in [-0.3, -0.25) is 4.90 Å². The number of hydrogen-bond donors (Lipinski definition) is 1. The summed E-state index contributed by atoms with van der Waals surface area (Å²) in [6, 6.07) is 9.36. The van der Waals surface area contributed by atoms with E-state index >= 15 is 0 Å². The van der Waals surface area contributed by atoms with Gasteiger partial charge in [-0.25, -0.2) is 0 Å². The Kier molecular flexibility index (Phi) is 6.00. The molecule has 2 atom stereocenters. The van der Waals surface area contributed by atoms with Gasteiger partial charge in [0.2, 0.25) is 0 Å². The zero-order valence-electron chi connectivity index (χ0n) is 12.4.